The van der Waals surface area contributed by atoms with E-state index in [1.807, 2.05) is 18.2 Å². The Kier molecular flexibility index (Phi) is 5.70. The van der Waals surface area contributed by atoms with Gasteiger partial charge in [-0.2, -0.15) is 0 Å². The number of H-pyrrole nitrogens is 1. The summed E-state index contributed by atoms with van der Waals surface area (Å²) in [6.07, 6.45) is 3.07. The summed E-state index contributed by atoms with van der Waals surface area (Å²) in [5.41, 5.74) is 2.26. The van der Waals surface area contributed by atoms with E-state index < -0.39 is 6.10 Å². The first-order valence-corrected chi connectivity index (χ1v) is 8.46. The van der Waals surface area contributed by atoms with Gasteiger partial charge in [-0.25, -0.2) is 0 Å². The first-order valence-electron chi connectivity index (χ1n) is 8.46. The molecule has 2 atom stereocenters. The molecule has 140 valence electrons. The number of hydrogen-bond donors (Lipinski definition) is 4. The number of aromatic nitrogens is 1. The Labute approximate surface area is 157 Å². The van der Waals surface area contributed by atoms with Crippen LogP contribution >= 0.6 is 12.4 Å². The molecule has 1 fully saturated rings. The molecule has 4 N–H and O–H groups in total. The topological polar surface area (TPSA) is 95.6 Å². The first kappa shape index (κ1) is 18.6. The number of ether oxygens (including phenoxy) is 2. The molecular weight excluding hydrogens is 358 g/mol. The van der Waals surface area contributed by atoms with E-state index >= 15 is 0 Å². The molecule has 2 aliphatic rings. The highest BCUT2D eigenvalue weighted by Gasteiger charge is 2.26. The van der Waals surface area contributed by atoms with E-state index in [0.717, 1.165) is 16.9 Å². The van der Waals surface area contributed by atoms with Gasteiger partial charge in [-0.3, -0.25) is 4.79 Å². The van der Waals surface area contributed by atoms with Crippen LogP contribution in [0.2, 0.25) is 0 Å². The molecule has 1 amide bonds. The molecule has 1 aromatic carbocycles. The molecule has 2 aliphatic heterocycles. The molecule has 0 spiro atoms. The largest absolute Gasteiger partial charge is 0.486 e. The quantitative estimate of drug-likeness (QED) is 0.640. The smallest absolute Gasteiger partial charge is 0.253 e. The normalized spacial score (nSPS) is 21.1. The fraction of sp³-hybridized carbons (Fsp3) is 0.389. The Bertz CT molecular complexity index is 780. The lowest BCUT2D eigenvalue weighted by atomic mass is 10.0. The lowest BCUT2D eigenvalue weighted by molar-refractivity contribution is 0.0928. The van der Waals surface area contributed by atoms with Crippen LogP contribution in [0.4, 0.5) is 0 Å². The summed E-state index contributed by atoms with van der Waals surface area (Å²) in [6.45, 7) is 2.80. The summed E-state index contributed by atoms with van der Waals surface area (Å²) in [5.74, 6) is 1.29. The number of benzene rings is 1. The minimum absolute atomic E-state index is 0. The second-order valence-corrected chi connectivity index (χ2v) is 6.34. The zero-order chi connectivity index (χ0) is 17.2. The molecule has 0 bridgehead atoms. The molecule has 0 aliphatic carbocycles. The predicted octanol–water partition coefficient (Wildman–Crippen LogP) is 1.18. The van der Waals surface area contributed by atoms with Crippen LogP contribution in [0.5, 0.6) is 11.5 Å². The average molecular weight is 380 g/mol. The Hall–Kier alpha value is -2.22. The molecule has 8 heteroatoms. The number of aliphatic hydroxyl groups is 1. The molecular formula is C18H22ClN3O4. The fourth-order valence-corrected chi connectivity index (χ4v) is 3.25. The second-order valence-electron chi connectivity index (χ2n) is 6.34. The maximum Gasteiger partial charge on any atom is 0.253 e. The molecule has 1 saturated heterocycles. The van der Waals surface area contributed by atoms with Crippen molar-refractivity contribution in [3.8, 4) is 22.6 Å². The van der Waals surface area contributed by atoms with Crippen molar-refractivity contribution in [1.82, 2.24) is 15.6 Å². The van der Waals surface area contributed by atoms with Gasteiger partial charge in [0.25, 0.3) is 5.91 Å². The predicted molar refractivity (Wildman–Crippen MR) is 99.2 cm³/mol. The summed E-state index contributed by atoms with van der Waals surface area (Å²) in [6, 6.07) is 5.66. The molecule has 4 rings (SSSR count). The van der Waals surface area contributed by atoms with Crippen LogP contribution in [0.1, 0.15) is 10.4 Å². The number of fused-ring (bicyclic) bond motifs is 1. The Morgan fingerprint density at radius 2 is 2.00 bits per heavy atom. The number of carbonyl (C=O) groups excluding carboxylic acids is 1. The van der Waals surface area contributed by atoms with Gasteiger partial charge in [0.15, 0.2) is 11.5 Å². The van der Waals surface area contributed by atoms with Gasteiger partial charge in [-0.05, 0) is 17.7 Å². The number of halogens is 1. The number of aliphatic hydroxyl groups excluding tert-OH is 1. The number of nitrogens with one attached hydrogen (secondary N) is 3. The fourth-order valence-electron chi connectivity index (χ4n) is 3.25. The van der Waals surface area contributed by atoms with E-state index in [9.17, 15) is 9.90 Å². The summed E-state index contributed by atoms with van der Waals surface area (Å²) in [4.78, 5) is 15.6. The highest BCUT2D eigenvalue weighted by atomic mass is 35.5. The Morgan fingerprint density at radius 1 is 1.19 bits per heavy atom. The van der Waals surface area contributed by atoms with Gasteiger partial charge in [0.05, 0.1) is 11.7 Å². The molecule has 26 heavy (non-hydrogen) atoms. The summed E-state index contributed by atoms with van der Waals surface area (Å²) >= 11 is 0. The van der Waals surface area contributed by atoms with Gasteiger partial charge >= 0.3 is 0 Å². The SMILES string of the molecule is Cl.O=C(NCC1CNCC1O)c1c[nH]cc1-c1ccc2c(c1)OCCO2. The first-order chi connectivity index (χ1) is 12.2. The minimum atomic E-state index is -0.413. The Morgan fingerprint density at radius 3 is 2.77 bits per heavy atom. The third-order valence-corrected chi connectivity index (χ3v) is 4.67. The molecule has 2 unspecified atom stereocenters. The molecule has 0 radical (unpaired) electrons. The monoisotopic (exact) mass is 379 g/mol. The van der Waals surface area contributed by atoms with E-state index in [2.05, 4.69) is 15.6 Å². The van der Waals surface area contributed by atoms with E-state index in [0.29, 0.717) is 44.2 Å². The average Bonchev–Trinajstić information content (AvgIpc) is 3.28. The Balaban J connectivity index is 0.00000196. The van der Waals surface area contributed by atoms with Crippen LogP contribution in [0.15, 0.2) is 30.6 Å². The van der Waals surface area contributed by atoms with Crippen LogP contribution in [0, 0.1) is 5.92 Å². The summed E-state index contributed by atoms with van der Waals surface area (Å²) in [5, 5.41) is 15.9. The van der Waals surface area contributed by atoms with Crippen molar-refractivity contribution in [2.75, 3.05) is 32.8 Å². The van der Waals surface area contributed by atoms with E-state index in [4.69, 9.17) is 9.47 Å². The number of β-amino-alcohol motifs (C(OH)–C–C–N with tert-alkyl or cyclic N) is 1. The second kappa shape index (κ2) is 7.99. The maximum absolute atomic E-state index is 12.6. The highest BCUT2D eigenvalue weighted by Crippen LogP contribution is 2.35. The maximum atomic E-state index is 12.6. The van der Waals surface area contributed by atoms with E-state index in [1.54, 1.807) is 12.4 Å². The highest BCUT2D eigenvalue weighted by molar-refractivity contribution is 6.00. The van der Waals surface area contributed by atoms with Gasteiger partial charge in [0, 0.05) is 43.5 Å². The molecule has 2 aromatic rings. The van der Waals surface area contributed by atoms with Crippen molar-refractivity contribution in [3.05, 3.63) is 36.2 Å². The lowest BCUT2D eigenvalue weighted by Crippen LogP contribution is -2.34. The van der Waals surface area contributed by atoms with Gasteiger partial charge in [-0.1, -0.05) is 6.07 Å². The van der Waals surface area contributed by atoms with Crippen molar-refractivity contribution in [3.63, 3.8) is 0 Å². The molecule has 0 saturated carbocycles. The van der Waals surface area contributed by atoms with Gasteiger partial charge in [0.2, 0.25) is 0 Å². The van der Waals surface area contributed by atoms with Crippen LogP contribution in [0.25, 0.3) is 11.1 Å². The van der Waals surface area contributed by atoms with E-state index in [-0.39, 0.29) is 24.2 Å². The van der Waals surface area contributed by atoms with Crippen molar-refractivity contribution < 1.29 is 19.4 Å². The number of hydrogen-bond acceptors (Lipinski definition) is 5. The summed E-state index contributed by atoms with van der Waals surface area (Å²) in [7, 11) is 0. The number of aromatic amines is 1. The van der Waals surface area contributed by atoms with Crippen molar-refractivity contribution in [1.29, 1.82) is 0 Å². The van der Waals surface area contributed by atoms with Gasteiger partial charge in [-0.15, -0.1) is 12.4 Å². The van der Waals surface area contributed by atoms with Crippen molar-refractivity contribution in [2.24, 2.45) is 5.92 Å². The zero-order valence-corrected chi connectivity index (χ0v) is 15.0. The van der Waals surface area contributed by atoms with E-state index in [1.165, 1.54) is 0 Å². The van der Waals surface area contributed by atoms with Crippen molar-refractivity contribution in [2.45, 2.75) is 6.10 Å². The lowest BCUT2D eigenvalue weighted by Gasteiger charge is -2.19. The minimum Gasteiger partial charge on any atom is -0.486 e. The van der Waals surface area contributed by atoms with Crippen LogP contribution < -0.4 is 20.1 Å². The number of carbonyl (C=O) groups is 1. The summed E-state index contributed by atoms with van der Waals surface area (Å²) < 4.78 is 11.2. The van der Waals surface area contributed by atoms with Crippen LogP contribution in [-0.4, -0.2) is 54.9 Å². The number of amides is 1. The molecule has 3 heterocycles. The van der Waals surface area contributed by atoms with Crippen LogP contribution in [0.3, 0.4) is 0 Å². The standard InChI is InChI=1S/C18H21N3O4.ClH/c22-15-10-19-6-12(15)7-21-18(23)14-9-20-8-13(14)11-1-2-16-17(5-11)25-4-3-24-16;/h1-2,5,8-9,12,15,19-20,22H,3-4,6-7,10H2,(H,21,23);1H. The third-order valence-electron chi connectivity index (χ3n) is 4.67. The number of rotatable bonds is 4. The zero-order valence-electron chi connectivity index (χ0n) is 14.2. The molecule has 7 nitrogen and oxygen atoms in total. The van der Waals surface area contributed by atoms with Crippen molar-refractivity contribution >= 4 is 18.3 Å². The van der Waals surface area contributed by atoms with Gasteiger partial charge in [0.1, 0.15) is 13.2 Å². The third kappa shape index (κ3) is 3.65. The molecule has 1 aromatic heterocycles. The van der Waals surface area contributed by atoms with Gasteiger partial charge < -0.3 is 30.2 Å². The van der Waals surface area contributed by atoms with Crippen LogP contribution in [-0.2, 0) is 0 Å².